The molecule has 88 valence electrons. The van der Waals surface area contributed by atoms with Gasteiger partial charge in [0.25, 0.3) is 0 Å². The van der Waals surface area contributed by atoms with Crippen LogP contribution in [0.25, 0.3) is 0 Å². The average Bonchev–Trinajstić information content (AvgIpc) is 2.22. The number of ether oxygens (including phenoxy) is 1. The predicted molar refractivity (Wildman–Crippen MR) is 53.3 cm³/mol. The van der Waals surface area contributed by atoms with Crippen LogP contribution in [-0.2, 0) is 4.79 Å². The maximum atomic E-state index is 13.1. The first kappa shape index (κ1) is 12.4. The molecule has 3 nitrogen and oxygen atoms in total. The van der Waals surface area contributed by atoms with Crippen molar-refractivity contribution in [2.24, 2.45) is 0 Å². The normalized spacial score (nSPS) is 12.2. The summed E-state index contributed by atoms with van der Waals surface area (Å²) >= 11 is 0. The molecular formula is C11H12F2O3. The molecular weight excluding hydrogens is 218 g/mol. The van der Waals surface area contributed by atoms with E-state index in [1.807, 2.05) is 0 Å². The second kappa shape index (κ2) is 5.44. The van der Waals surface area contributed by atoms with E-state index < -0.39 is 23.7 Å². The quantitative estimate of drug-likeness (QED) is 0.845. The summed E-state index contributed by atoms with van der Waals surface area (Å²) < 4.78 is 31.0. The molecule has 1 aromatic carbocycles. The summed E-state index contributed by atoms with van der Waals surface area (Å²) in [5, 5.41) is 8.44. The molecule has 1 unspecified atom stereocenters. The maximum absolute atomic E-state index is 13.1. The fraction of sp³-hybridized carbons (Fsp3) is 0.364. The van der Waals surface area contributed by atoms with E-state index in [9.17, 15) is 13.6 Å². The van der Waals surface area contributed by atoms with Crippen molar-refractivity contribution in [1.29, 1.82) is 0 Å². The van der Waals surface area contributed by atoms with Crippen LogP contribution in [0.1, 0.15) is 19.8 Å². The van der Waals surface area contributed by atoms with E-state index in [0.717, 1.165) is 6.07 Å². The molecule has 1 rings (SSSR count). The molecule has 0 heterocycles. The number of carboxylic acids is 1. The van der Waals surface area contributed by atoms with Crippen LogP contribution in [0.4, 0.5) is 8.78 Å². The first-order valence-electron chi connectivity index (χ1n) is 4.83. The van der Waals surface area contributed by atoms with Gasteiger partial charge in [0.15, 0.2) is 11.6 Å². The van der Waals surface area contributed by atoms with Crippen LogP contribution in [0.2, 0.25) is 0 Å². The fourth-order valence-electron chi connectivity index (χ4n) is 1.18. The molecule has 5 heteroatoms. The number of aliphatic carboxylic acids is 1. The van der Waals surface area contributed by atoms with Crippen LogP contribution in [0.5, 0.6) is 5.75 Å². The van der Waals surface area contributed by atoms with E-state index >= 15 is 0 Å². The summed E-state index contributed by atoms with van der Waals surface area (Å²) in [5.41, 5.74) is 0. The van der Waals surface area contributed by atoms with Crippen LogP contribution >= 0.6 is 0 Å². The van der Waals surface area contributed by atoms with Crippen molar-refractivity contribution in [1.82, 2.24) is 0 Å². The molecule has 0 radical (unpaired) electrons. The topological polar surface area (TPSA) is 46.5 Å². The van der Waals surface area contributed by atoms with Gasteiger partial charge >= 0.3 is 5.97 Å². The summed E-state index contributed by atoms with van der Waals surface area (Å²) in [6.07, 6.45) is -0.309. The van der Waals surface area contributed by atoms with Gasteiger partial charge in [0.05, 0.1) is 6.10 Å². The molecule has 0 aromatic heterocycles. The lowest BCUT2D eigenvalue weighted by Crippen LogP contribution is -2.14. The van der Waals surface area contributed by atoms with Crippen molar-refractivity contribution in [3.8, 4) is 5.75 Å². The predicted octanol–water partition coefficient (Wildman–Crippen LogP) is 2.60. The monoisotopic (exact) mass is 230 g/mol. The Balaban J connectivity index is 2.59. The van der Waals surface area contributed by atoms with E-state index in [1.165, 1.54) is 12.1 Å². The Morgan fingerprint density at radius 2 is 2.19 bits per heavy atom. The molecule has 0 aliphatic rings. The number of carboxylic acid groups (broad SMARTS) is 1. The molecule has 0 aliphatic carbocycles. The van der Waals surface area contributed by atoms with Crippen LogP contribution in [0, 0.1) is 11.6 Å². The summed E-state index contributed by atoms with van der Waals surface area (Å²) in [7, 11) is 0. The van der Waals surface area contributed by atoms with Gasteiger partial charge in [-0.25, -0.2) is 4.39 Å². The highest BCUT2D eigenvalue weighted by atomic mass is 19.2. The number of rotatable bonds is 5. The third kappa shape index (κ3) is 3.49. The minimum absolute atomic E-state index is 0.0713. The maximum Gasteiger partial charge on any atom is 0.303 e. The van der Waals surface area contributed by atoms with Crippen LogP contribution in [0.3, 0.4) is 0 Å². The van der Waals surface area contributed by atoms with Gasteiger partial charge in [0, 0.05) is 6.42 Å². The van der Waals surface area contributed by atoms with E-state index in [-0.39, 0.29) is 18.6 Å². The van der Waals surface area contributed by atoms with E-state index in [1.54, 1.807) is 6.92 Å². The molecule has 0 amide bonds. The molecule has 1 atom stereocenters. The molecule has 1 N–H and O–H groups in total. The first-order valence-corrected chi connectivity index (χ1v) is 4.83. The van der Waals surface area contributed by atoms with Gasteiger partial charge in [-0.1, -0.05) is 6.07 Å². The van der Waals surface area contributed by atoms with Gasteiger partial charge in [-0.3, -0.25) is 4.79 Å². The second-order valence-corrected chi connectivity index (χ2v) is 3.41. The van der Waals surface area contributed by atoms with Crippen LogP contribution < -0.4 is 4.74 Å². The summed E-state index contributed by atoms with van der Waals surface area (Å²) in [6, 6.07) is 3.62. The lowest BCUT2D eigenvalue weighted by atomic mass is 10.2. The van der Waals surface area contributed by atoms with E-state index in [2.05, 4.69) is 0 Å². The molecule has 0 saturated carbocycles. The molecule has 0 spiro atoms. The highest BCUT2D eigenvalue weighted by molar-refractivity contribution is 5.66. The Morgan fingerprint density at radius 3 is 2.81 bits per heavy atom. The zero-order valence-corrected chi connectivity index (χ0v) is 8.74. The Hall–Kier alpha value is -1.65. The van der Waals surface area contributed by atoms with E-state index in [4.69, 9.17) is 9.84 Å². The standard InChI is InChI=1S/C11H12F2O3/c1-7(5-6-10(14)15)16-9-4-2-3-8(12)11(9)13/h2-4,7H,5-6H2,1H3,(H,14,15). The number of halogens is 2. The summed E-state index contributed by atoms with van der Waals surface area (Å²) in [6.45, 7) is 1.60. The smallest absolute Gasteiger partial charge is 0.303 e. The molecule has 16 heavy (non-hydrogen) atoms. The molecule has 0 bridgehead atoms. The van der Waals surface area contributed by atoms with Crippen LogP contribution in [0.15, 0.2) is 18.2 Å². The SMILES string of the molecule is CC(CCC(=O)O)Oc1cccc(F)c1F. The number of benzene rings is 1. The largest absolute Gasteiger partial charge is 0.488 e. The number of carbonyl (C=O) groups is 1. The van der Waals surface area contributed by atoms with Gasteiger partial charge in [0.1, 0.15) is 0 Å². The molecule has 0 aliphatic heterocycles. The van der Waals surface area contributed by atoms with Gasteiger partial charge in [-0.05, 0) is 25.5 Å². The second-order valence-electron chi connectivity index (χ2n) is 3.41. The van der Waals surface area contributed by atoms with Gasteiger partial charge in [-0.2, -0.15) is 4.39 Å². The Bertz CT molecular complexity index is 379. The zero-order valence-electron chi connectivity index (χ0n) is 8.74. The number of hydrogen-bond donors (Lipinski definition) is 1. The zero-order chi connectivity index (χ0) is 12.1. The van der Waals surface area contributed by atoms with Crippen molar-refractivity contribution in [3.63, 3.8) is 0 Å². The highest BCUT2D eigenvalue weighted by Gasteiger charge is 2.12. The summed E-state index contributed by atoms with van der Waals surface area (Å²) in [5.74, 6) is -3.18. The minimum atomic E-state index is -1.05. The van der Waals surface area contributed by atoms with E-state index in [0.29, 0.717) is 0 Å². The Kier molecular flexibility index (Phi) is 4.22. The average molecular weight is 230 g/mol. The third-order valence-corrected chi connectivity index (χ3v) is 2.01. The van der Waals surface area contributed by atoms with Crippen molar-refractivity contribution in [2.75, 3.05) is 0 Å². The Labute approximate surface area is 91.7 Å². The third-order valence-electron chi connectivity index (χ3n) is 2.01. The first-order chi connectivity index (χ1) is 7.50. The minimum Gasteiger partial charge on any atom is -0.488 e. The fourth-order valence-corrected chi connectivity index (χ4v) is 1.18. The van der Waals surface area contributed by atoms with Crippen molar-refractivity contribution >= 4 is 5.97 Å². The van der Waals surface area contributed by atoms with Crippen molar-refractivity contribution in [2.45, 2.75) is 25.9 Å². The lowest BCUT2D eigenvalue weighted by molar-refractivity contribution is -0.137. The van der Waals surface area contributed by atoms with Gasteiger partial charge in [-0.15, -0.1) is 0 Å². The molecule has 0 fully saturated rings. The van der Waals surface area contributed by atoms with Gasteiger partial charge in [0.2, 0.25) is 5.82 Å². The highest BCUT2D eigenvalue weighted by Crippen LogP contribution is 2.21. The van der Waals surface area contributed by atoms with Crippen molar-refractivity contribution < 1.29 is 23.4 Å². The lowest BCUT2D eigenvalue weighted by Gasteiger charge is -2.14. The number of hydrogen-bond acceptors (Lipinski definition) is 2. The van der Waals surface area contributed by atoms with Crippen LogP contribution in [-0.4, -0.2) is 17.2 Å². The van der Waals surface area contributed by atoms with Gasteiger partial charge < -0.3 is 9.84 Å². The summed E-state index contributed by atoms with van der Waals surface area (Å²) in [4.78, 5) is 10.3. The molecule has 0 saturated heterocycles. The molecule has 1 aromatic rings. The van der Waals surface area contributed by atoms with Crippen molar-refractivity contribution in [3.05, 3.63) is 29.8 Å². The Morgan fingerprint density at radius 1 is 1.50 bits per heavy atom.